The van der Waals surface area contributed by atoms with Gasteiger partial charge in [-0.1, -0.05) is 24.3 Å². The van der Waals surface area contributed by atoms with E-state index in [1.165, 1.54) is 6.20 Å². The summed E-state index contributed by atoms with van der Waals surface area (Å²) in [5.74, 6) is -2.01. The largest absolute Gasteiger partial charge is 0.416 e. The van der Waals surface area contributed by atoms with Crippen molar-refractivity contribution in [3.63, 3.8) is 0 Å². The number of rotatable bonds is 2. The van der Waals surface area contributed by atoms with Crippen LogP contribution in [0.5, 0.6) is 0 Å². The van der Waals surface area contributed by atoms with Gasteiger partial charge in [0.2, 0.25) is 0 Å². The lowest BCUT2D eigenvalue weighted by Gasteiger charge is -2.11. The van der Waals surface area contributed by atoms with Gasteiger partial charge in [0.15, 0.2) is 0 Å². The van der Waals surface area contributed by atoms with Crippen molar-refractivity contribution in [3.05, 3.63) is 71.8 Å². The minimum Gasteiger partial charge on any atom is -0.320 e. The molecule has 0 spiro atoms. The lowest BCUT2D eigenvalue weighted by molar-refractivity contribution is -0.137. The summed E-state index contributed by atoms with van der Waals surface area (Å²) in [6.07, 6.45) is -1.73. The van der Waals surface area contributed by atoms with Crippen LogP contribution in [0.2, 0.25) is 0 Å². The molecular weight excluding hydrogens is 324 g/mol. The van der Waals surface area contributed by atoms with Gasteiger partial charge in [0, 0.05) is 17.0 Å². The van der Waals surface area contributed by atoms with Gasteiger partial charge in [-0.05, 0) is 18.2 Å². The maximum absolute atomic E-state index is 13.8. The summed E-state index contributed by atoms with van der Waals surface area (Å²) in [4.78, 5) is 16.2. The fourth-order valence-electron chi connectivity index (χ4n) is 2.28. The van der Waals surface area contributed by atoms with Gasteiger partial charge in [-0.3, -0.25) is 9.78 Å². The van der Waals surface area contributed by atoms with E-state index < -0.39 is 29.0 Å². The van der Waals surface area contributed by atoms with Crippen LogP contribution in [0.25, 0.3) is 10.8 Å². The predicted molar refractivity (Wildman–Crippen MR) is 81.1 cm³/mol. The third kappa shape index (κ3) is 3.05. The molecule has 24 heavy (non-hydrogen) atoms. The van der Waals surface area contributed by atoms with E-state index in [-0.39, 0.29) is 5.69 Å². The molecule has 1 amide bonds. The number of amides is 1. The zero-order chi connectivity index (χ0) is 17.3. The van der Waals surface area contributed by atoms with Crippen LogP contribution in [-0.4, -0.2) is 10.9 Å². The van der Waals surface area contributed by atoms with Gasteiger partial charge in [0.05, 0.1) is 23.0 Å². The smallest absolute Gasteiger partial charge is 0.320 e. The third-order valence-electron chi connectivity index (χ3n) is 3.45. The van der Waals surface area contributed by atoms with Gasteiger partial charge in [0.1, 0.15) is 5.82 Å². The molecule has 1 N–H and O–H groups in total. The molecule has 0 aliphatic carbocycles. The monoisotopic (exact) mass is 334 g/mol. The van der Waals surface area contributed by atoms with Gasteiger partial charge in [-0.2, -0.15) is 13.2 Å². The maximum Gasteiger partial charge on any atom is 0.416 e. The first-order valence-electron chi connectivity index (χ1n) is 6.87. The lowest BCUT2D eigenvalue weighted by Crippen LogP contribution is -2.16. The molecule has 0 bridgehead atoms. The molecule has 0 aliphatic rings. The lowest BCUT2D eigenvalue weighted by atomic mass is 10.1. The Morgan fingerprint density at radius 1 is 1.04 bits per heavy atom. The number of hydrogen-bond acceptors (Lipinski definition) is 2. The van der Waals surface area contributed by atoms with Gasteiger partial charge in [-0.25, -0.2) is 4.39 Å². The van der Waals surface area contributed by atoms with Crippen molar-refractivity contribution < 1.29 is 22.4 Å². The molecule has 0 fully saturated rings. The number of halogens is 4. The number of alkyl halides is 3. The summed E-state index contributed by atoms with van der Waals surface area (Å²) in [6, 6.07) is 8.71. The highest BCUT2D eigenvalue weighted by atomic mass is 19.4. The van der Waals surface area contributed by atoms with Crippen molar-refractivity contribution in [3.8, 4) is 0 Å². The highest BCUT2D eigenvalue weighted by molar-refractivity contribution is 6.09. The van der Waals surface area contributed by atoms with Crippen LogP contribution in [0.1, 0.15) is 15.9 Å². The topological polar surface area (TPSA) is 42.0 Å². The molecule has 0 saturated heterocycles. The van der Waals surface area contributed by atoms with E-state index in [1.807, 2.05) is 0 Å². The van der Waals surface area contributed by atoms with Crippen LogP contribution >= 0.6 is 0 Å². The van der Waals surface area contributed by atoms with Crippen LogP contribution < -0.4 is 5.32 Å². The van der Waals surface area contributed by atoms with E-state index >= 15 is 0 Å². The summed E-state index contributed by atoms with van der Waals surface area (Å²) in [5, 5.41) is 3.79. The summed E-state index contributed by atoms with van der Waals surface area (Å²) in [6.45, 7) is 0. The number of nitrogens with one attached hydrogen (secondary N) is 1. The zero-order valence-corrected chi connectivity index (χ0v) is 12.1. The number of nitrogens with zero attached hydrogens (tertiary/aromatic N) is 1. The van der Waals surface area contributed by atoms with E-state index in [0.717, 1.165) is 5.39 Å². The van der Waals surface area contributed by atoms with Gasteiger partial charge < -0.3 is 5.32 Å². The standard InChI is InChI=1S/C17H10F4N2O/c18-14-6-5-11(17(19,20)21)7-13(14)16(24)23-15-9-22-8-10-3-1-2-4-12(10)15/h1-9H,(H,23,24). The normalized spacial score (nSPS) is 11.5. The summed E-state index contributed by atoms with van der Waals surface area (Å²) in [7, 11) is 0. The van der Waals surface area contributed by atoms with Crippen LogP contribution in [0, 0.1) is 5.82 Å². The minimum absolute atomic E-state index is 0.287. The van der Waals surface area contributed by atoms with E-state index in [2.05, 4.69) is 10.3 Å². The average Bonchev–Trinajstić information content (AvgIpc) is 2.54. The molecule has 1 aromatic heterocycles. The van der Waals surface area contributed by atoms with Gasteiger partial charge in [0.25, 0.3) is 5.91 Å². The molecule has 1 heterocycles. The fourth-order valence-corrected chi connectivity index (χ4v) is 2.28. The summed E-state index contributed by atoms with van der Waals surface area (Å²) >= 11 is 0. The number of hydrogen-bond donors (Lipinski definition) is 1. The van der Waals surface area contributed by atoms with Crippen molar-refractivity contribution in [2.45, 2.75) is 6.18 Å². The third-order valence-corrected chi connectivity index (χ3v) is 3.45. The molecule has 0 saturated carbocycles. The van der Waals surface area contributed by atoms with Gasteiger partial charge in [-0.15, -0.1) is 0 Å². The number of pyridine rings is 1. The van der Waals surface area contributed by atoms with Crippen LogP contribution in [0.15, 0.2) is 54.9 Å². The number of anilines is 1. The van der Waals surface area contributed by atoms with E-state index in [4.69, 9.17) is 0 Å². The fraction of sp³-hybridized carbons (Fsp3) is 0.0588. The zero-order valence-electron chi connectivity index (χ0n) is 12.1. The average molecular weight is 334 g/mol. The SMILES string of the molecule is O=C(Nc1cncc2ccccc12)c1cc(C(F)(F)F)ccc1F. The molecule has 0 aliphatic heterocycles. The van der Waals surface area contributed by atoms with E-state index in [0.29, 0.717) is 23.6 Å². The Morgan fingerprint density at radius 2 is 1.79 bits per heavy atom. The number of carbonyl (C=O) groups excluding carboxylic acids is 1. The second kappa shape index (κ2) is 5.92. The number of benzene rings is 2. The van der Waals surface area contributed by atoms with Crippen LogP contribution in [0.3, 0.4) is 0 Å². The maximum atomic E-state index is 13.8. The Kier molecular flexibility index (Phi) is 3.92. The molecule has 0 atom stereocenters. The number of carbonyl (C=O) groups is 1. The number of aromatic nitrogens is 1. The molecule has 7 heteroatoms. The van der Waals surface area contributed by atoms with Crippen molar-refractivity contribution in [2.75, 3.05) is 5.32 Å². The molecule has 3 nitrogen and oxygen atoms in total. The van der Waals surface area contributed by atoms with Crippen molar-refractivity contribution in [2.24, 2.45) is 0 Å². The van der Waals surface area contributed by atoms with Gasteiger partial charge >= 0.3 is 6.18 Å². The molecule has 0 radical (unpaired) electrons. The molecule has 0 unspecified atom stereocenters. The Labute approximate surface area is 133 Å². The van der Waals surface area contributed by atoms with Crippen LogP contribution in [-0.2, 0) is 6.18 Å². The highest BCUT2D eigenvalue weighted by Crippen LogP contribution is 2.31. The van der Waals surface area contributed by atoms with Crippen molar-refractivity contribution >= 4 is 22.4 Å². The molecular formula is C17H10F4N2O. The first-order valence-corrected chi connectivity index (χ1v) is 6.87. The van der Waals surface area contributed by atoms with Crippen molar-refractivity contribution in [1.29, 1.82) is 0 Å². The quantitative estimate of drug-likeness (QED) is 0.694. The molecule has 122 valence electrons. The summed E-state index contributed by atoms with van der Waals surface area (Å²) < 4.78 is 52.0. The Bertz CT molecular complexity index is 917. The van der Waals surface area contributed by atoms with E-state index in [1.54, 1.807) is 30.5 Å². The summed E-state index contributed by atoms with van der Waals surface area (Å²) in [5.41, 5.74) is -1.49. The first-order chi connectivity index (χ1) is 11.4. The Hall–Kier alpha value is -2.96. The Balaban J connectivity index is 1.98. The minimum atomic E-state index is -4.66. The number of fused-ring (bicyclic) bond motifs is 1. The highest BCUT2D eigenvalue weighted by Gasteiger charge is 2.32. The van der Waals surface area contributed by atoms with Crippen LogP contribution in [0.4, 0.5) is 23.2 Å². The molecule has 2 aromatic carbocycles. The van der Waals surface area contributed by atoms with Crippen molar-refractivity contribution in [1.82, 2.24) is 4.98 Å². The van der Waals surface area contributed by atoms with E-state index in [9.17, 15) is 22.4 Å². The predicted octanol–water partition coefficient (Wildman–Crippen LogP) is 4.65. The first kappa shape index (κ1) is 15.9. The second-order valence-electron chi connectivity index (χ2n) is 5.05. The Morgan fingerprint density at radius 3 is 2.54 bits per heavy atom. The second-order valence-corrected chi connectivity index (χ2v) is 5.05. The molecule has 3 rings (SSSR count). The molecule has 3 aromatic rings.